The van der Waals surface area contributed by atoms with Crippen LogP contribution in [0, 0.1) is 56.3 Å². The summed E-state index contributed by atoms with van der Waals surface area (Å²) in [7, 11) is -2.93. The molecule has 3 aliphatic rings. The topological polar surface area (TPSA) is 612 Å². The first-order valence-electron chi connectivity index (χ1n) is 39.9. The van der Waals surface area contributed by atoms with Crippen molar-refractivity contribution in [1.82, 2.24) is 61.9 Å². The van der Waals surface area contributed by atoms with Gasteiger partial charge in [0.15, 0.2) is 13.2 Å². The van der Waals surface area contributed by atoms with Crippen molar-refractivity contribution in [3.05, 3.63) is 219 Å². The number of hydrogen-bond acceptors (Lipinski definition) is 37. The number of benzene rings is 3. The Morgan fingerprint density at radius 3 is 1.34 bits per heavy atom. The third-order valence-corrected chi connectivity index (χ3v) is 24.3. The molecule has 3 aliphatic heterocycles. The zero-order valence-corrected chi connectivity index (χ0v) is 73.9. The zero-order valence-electron chi connectivity index (χ0n) is 71.3. The number of aryl methyl sites for hydroxylation is 4. The molecule has 129 heavy (non-hydrogen) atoms. The van der Waals surface area contributed by atoms with Crippen LogP contribution in [0.4, 0.5) is 34.3 Å². The van der Waals surface area contributed by atoms with E-state index in [0.717, 1.165) is 78.0 Å². The number of aromatic amines is 2. The molecule has 0 aliphatic carbocycles. The van der Waals surface area contributed by atoms with Crippen molar-refractivity contribution in [2.75, 3.05) is 108 Å². The monoisotopic (exact) mass is 1840 g/mol. The van der Waals surface area contributed by atoms with Gasteiger partial charge in [0, 0.05) is 152 Å². The van der Waals surface area contributed by atoms with Crippen molar-refractivity contribution < 1.29 is 100 Å². The van der Waals surface area contributed by atoms with Crippen molar-refractivity contribution in [2.24, 2.45) is 0 Å². The molecular formula is C81H97N19O26P3-3. The lowest BCUT2D eigenvalue weighted by Crippen LogP contribution is -2.37. The van der Waals surface area contributed by atoms with E-state index in [2.05, 4.69) is 97.3 Å². The SMILES string of the molecule is CNc1cc(CCC(=O)OCC#Cc2cn([C@H]3CC(O)[C@@H](COP(=O)([O-])n4ccnc4C)O3)c(=O)[nH]c2=O)cc(NC)c1.CNc1cc(COC(=O)CCC#Cc2cn([C@H]3CC(O)[C@@H](COP(=O)([O-])n4ccnc4C)O3)c(=O)[nH]c2=O)cc(NC)c1.CNc1ccc(CC(NC)C(=O)OCC#Cc2cn([C@H]3CC(O)[C@@H](COP(=O)([O-])n4ccnc4C)O3)c(=O)nc2N)cc1. The summed E-state index contributed by atoms with van der Waals surface area (Å²) in [6, 6.07) is 18.5. The Morgan fingerprint density at radius 2 is 0.922 bits per heavy atom. The fourth-order valence-electron chi connectivity index (χ4n) is 13.0. The minimum atomic E-state index is -4.54. The Hall–Kier alpha value is -12.4. The predicted octanol–water partition coefficient (Wildman–Crippen LogP) is 0.795. The van der Waals surface area contributed by atoms with Crippen molar-refractivity contribution in [3.8, 4) is 35.5 Å². The molecule has 13 atom stereocenters. The Kier molecular flexibility index (Phi) is 34.9. The van der Waals surface area contributed by atoms with Crippen LogP contribution in [0.3, 0.4) is 0 Å². The van der Waals surface area contributed by atoms with Gasteiger partial charge in [-0.2, -0.15) is 4.98 Å². The van der Waals surface area contributed by atoms with E-state index in [4.69, 9.17) is 47.7 Å². The first kappa shape index (κ1) is 98.8. The van der Waals surface area contributed by atoms with Gasteiger partial charge in [0.05, 0.1) is 50.1 Å². The number of nitrogens with two attached hydrogens (primary N) is 1. The second kappa shape index (κ2) is 45.5. The molecule has 0 saturated carbocycles. The molecule has 9 heterocycles. The summed E-state index contributed by atoms with van der Waals surface area (Å²) in [5, 5.41) is 49.5. The van der Waals surface area contributed by atoms with E-state index in [1.807, 2.05) is 67.7 Å². The minimum Gasteiger partial charge on any atom is -0.761 e. The molecule has 0 amide bonds. The van der Waals surface area contributed by atoms with Crippen molar-refractivity contribution in [2.45, 2.75) is 140 Å². The van der Waals surface area contributed by atoms with Gasteiger partial charge in [-0.3, -0.25) is 74.3 Å². The molecule has 0 radical (unpaired) electrons. The van der Waals surface area contributed by atoms with Gasteiger partial charge in [-0.05, 0) is 106 Å². The maximum Gasteiger partial charge on any atom is 0.351 e. The average molecular weight is 1850 g/mol. The number of aromatic nitrogens is 12. The van der Waals surface area contributed by atoms with E-state index >= 15 is 0 Å². The Bertz CT molecular complexity index is 5840. The number of aliphatic hydroxyl groups is 3. The van der Waals surface area contributed by atoms with E-state index in [9.17, 15) is 82.1 Å². The molecule has 3 fully saturated rings. The summed E-state index contributed by atoms with van der Waals surface area (Å²) in [6.07, 6.45) is 2.52. The average Bonchev–Trinajstić information content (AvgIpc) is 1.68. The number of esters is 3. The molecule has 13 N–H and O–H groups in total. The molecule has 6 aromatic heterocycles. The third-order valence-electron chi connectivity index (χ3n) is 20.0. The highest BCUT2D eigenvalue weighted by molar-refractivity contribution is 7.50. The van der Waals surface area contributed by atoms with E-state index in [1.54, 1.807) is 35.2 Å². The number of nitrogens with one attached hydrogen (secondary N) is 8. The van der Waals surface area contributed by atoms with Crippen molar-refractivity contribution >= 4 is 75.4 Å². The normalized spacial score (nSPS) is 19.5. The lowest BCUT2D eigenvalue weighted by molar-refractivity contribution is -0.206. The van der Waals surface area contributed by atoms with Crippen molar-refractivity contribution in [1.29, 1.82) is 0 Å². The smallest absolute Gasteiger partial charge is 0.351 e. The molecule has 48 heteroatoms. The summed E-state index contributed by atoms with van der Waals surface area (Å²) in [5.41, 5.74) is 9.22. The van der Waals surface area contributed by atoms with Gasteiger partial charge in [0.2, 0.25) is 23.2 Å². The number of hydrogen-bond donors (Lipinski definition) is 12. The predicted molar refractivity (Wildman–Crippen MR) is 460 cm³/mol. The Morgan fingerprint density at radius 1 is 0.527 bits per heavy atom. The quantitative estimate of drug-likeness (QED) is 0.0117. The number of anilines is 6. The van der Waals surface area contributed by atoms with Crippen LogP contribution in [0.25, 0.3) is 0 Å². The summed E-state index contributed by atoms with van der Waals surface area (Å²) in [4.78, 5) is 156. The number of aliphatic hydroxyl groups excluding tert-OH is 3. The number of nitrogens with zero attached hydrogens (tertiary/aromatic N) is 10. The number of imidazole rings is 3. The second-order valence-electron chi connectivity index (χ2n) is 28.9. The van der Waals surface area contributed by atoms with Crippen LogP contribution >= 0.6 is 23.2 Å². The number of rotatable bonds is 33. The standard InChI is InChI=1S/C27H34N7O8P.2C27H33N6O9P/c1-17-31-10-11-34(17)43(38,39)41-16-23-22(35)14-24(42-23)33-15-19(25(28)32-27(33)37)5-4-12-40-26(36)21(30-3)13-18-6-8-20(29-2)9-7-18;1-17-30-8-9-33(17)43(38,39)41-16-23-22(34)14-24(42-23)32-15-19(26(36)31-27(32)37)5-4-10-40-25(35)7-6-18-11-20(28-2)13-21(12-18)29-3;1-17-30-8-9-33(17)43(38,39)41-16-23-22(34)13-24(42-23)32-14-19(26(36)31-27(32)37)6-4-5-7-25(35)40-15-18-10-20(28-2)12-21(11-18)29-3/h6-11,15,21-24,29-30,35H,12-14,16H2,1-3H3,(H,38,39)(H2,28,32,37);8-9,11-13,15,22-24,28-29,34H,6-7,10,14,16H2,1-3H3,(H,38,39)(H,31,36,37);8-12,14,22-24,28-29,34H,5,7,13,15-16H2,1-3H3,(H,38,39)(H,31,36,37)/p-3/t21?,22?,23-,24-;2*22?,23-,24-/m111/s1. The summed E-state index contributed by atoms with van der Waals surface area (Å²) in [5.74, 6) is 15.0. The number of nitrogen functional groups attached to an aromatic ring is 1. The molecular weight excluding hydrogens is 1750 g/mol. The molecule has 0 bridgehead atoms. The molecule has 690 valence electrons. The molecule has 0 spiro atoms. The zero-order chi connectivity index (χ0) is 93.4. The molecule has 3 saturated heterocycles. The molecule has 45 nitrogen and oxygen atoms in total. The van der Waals surface area contributed by atoms with Gasteiger partial charge in [0.25, 0.3) is 11.1 Å². The fourth-order valence-corrected chi connectivity index (χ4v) is 16.3. The molecule has 9 aromatic rings. The van der Waals surface area contributed by atoms with Gasteiger partial charge >= 0.3 is 35.0 Å². The van der Waals surface area contributed by atoms with Crippen LogP contribution in [0.2, 0.25) is 0 Å². The van der Waals surface area contributed by atoms with Crippen LogP contribution in [0.5, 0.6) is 0 Å². The number of ether oxygens (including phenoxy) is 6. The van der Waals surface area contributed by atoms with Crippen LogP contribution in [0.15, 0.2) is 140 Å². The minimum absolute atomic E-state index is 0.0169. The lowest BCUT2D eigenvalue weighted by atomic mass is 10.1. The highest BCUT2D eigenvalue weighted by Gasteiger charge is 2.40. The van der Waals surface area contributed by atoms with Gasteiger partial charge in [0.1, 0.15) is 84.1 Å². The first-order valence-corrected chi connectivity index (χ1v) is 44.4. The second-order valence-corrected chi connectivity index (χ2v) is 33.7. The van der Waals surface area contributed by atoms with E-state index in [1.165, 1.54) is 70.3 Å². The van der Waals surface area contributed by atoms with E-state index in [0.29, 0.717) is 12.8 Å². The van der Waals surface area contributed by atoms with Gasteiger partial charge < -0.3 is 110 Å². The largest absolute Gasteiger partial charge is 0.761 e. The highest BCUT2D eigenvalue weighted by Crippen LogP contribution is 2.44. The van der Waals surface area contributed by atoms with Gasteiger partial charge in [-0.15, -0.1) is 0 Å². The number of H-pyrrole nitrogens is 2. The third kappa shape index (κ3) is 27.1. The molecule has 12 rings (SSSR count). The lowest BCUT2D eigenvalue weighted by Gasteiger charge is -2.27. The Labute approximate surface area is 736 Å². The van der Waals surface area contributed by atoms with Crippen molar-refractivity contribution in [3.63, 3.8) is 0 Å². The van der Waals surface area contributed by atoms with Crippen LogP contribution in [-0.2, 0) is 89.5 Å². The number of carbonyl (C=O) groups excluding carboxylic acids is 3. The highest BCUT2D eigenvalue weighted by atomic mass is 31.2. The van der Waals surface area contributed by atoms with Crippen LogP contribution in [-0.4, -0.2) is 208 Å². The number of likely N-dealkylation sites (N-methyl/N-ethyl adjacent to an activating group) is 1. The molecule has 3 aromatic carbocycles. The Balaban J connectivity index is 0.000000201. The van der Waals surface area contributed by atoms with Crippen LogP contribution < -0.4 is 80.5 Å². The maximum atomic E-state index is 12.6. The van der Waals surface area contributed by atoms with Gasteiger partial charge in [-0.1, -0.05) is 47.7 Å². The van der Waals surface area contributed by atoms with Crippen LogP contribution in [0.1, 0.15) is 108 Å². The summed E-state index contributed by atoms with van der Waals surface area (Å²) < 4.78 is 91.1. The van der Waals surface area contributed by atoms with E-state index in [-0.39, 0.29) is 98.3 Å². The first-order chi connectivity index (χ1) is 61.5. The summed E-state index contributed by atoms with van der Waals surface area (Å²) >= 11 is 0. The van der Waals surface area contributed by atoms with Gasteiger partial charge in [-0.25, -0.2) is 29.3 Å². The number of carbonyl (C=O) groups is 3. The fraction of sp³-hybridized carbons (Fsp3) is 0.407. The van der Waals surface area contributed by atoms with E-state index < -0.39 is 151 Å². The maximum absolute atomic E-state index is 12.6. The summed E-state index contributed by atoms with van der Waals surface area (Å²) in [6.45, 7) is 2.54. The molecule has 7 unspecified atom stereocenters.